The average Bonchev–Trinajstić information content (AvgIpc) is 2.86. The summed E-state index contributed by atoms with van der Waals surface area (Å²) in [5.41, 5.74) is 7.81. The van der Waals surface area contributed by atoms with Crippen LogP contribution >= 0.6 is 15.9 Å². The number of nitrogens with two attached hydrogens (primary N) is 1. The van der Waals surface area contributed by atoms with Crippen molar-refractivity contribution in [3.8, 4) is 0 Å². The molecule has 0 spiro atoms. The van der Waals surface area contributed by atoms with Crippen molar-refractivity contribution >= 4 is 21.7 Å². The average molecular weight is 336 g/mol. The Kier molecular flexibility index (Phi) is 5.09. The number of carbonyl (C=O) groups excluding carboxylic acids is 1. The molecule has 20 heavy (non-hydrogen) atoms. The summed E-state index contributed by atoms with van der Waals surface area (Å²) in [4.78, 5) is 12.3. The van der Waals surface area contributed by atoms with Crippen molar-refractivity contribution in [3.05, 3.63) is 52.3 Å². The van der Waals surface area contributed by atoms with Crippen molar-refractivity contribution in [1.29, 1.82) is 0 Å². The van der Waals surface area contributed by atoms with Crippen molar-refractivity contribution in [2.75, 3.05) is 0 Å². The SMILES string of the molecule is CCn1ncc(Br)c1C(=O)CCC(N)c1ccccc1. The molecular weight excluding hydrogens is 318 g/mol. The lowest BCUT2D eigenvalue weighted by molar-refractivity contribution is 0.0966. The van der Waals surface area contributed by atoms with Crippen LogP contribution in [0.2, 0.25) is 0 Å². The van der Waals surface area contributed by atoms with Gasteiger partial charge in [0.2, 0.25) is 0 Å². The van der Waals surface area contributed by atoms with Gasteiger partial charge in [-0.3, -0.25) is 9.48 Å². The van der Waals surface area contributed by atoms with Crippen molar-refractivity contribution in [1.82, 2.24) is 9.78 Å². The van der Waals surface area contributed by atoms with Crippen LogP contribution in [0.25, 0.3) is 0 Å². The first-order valence-electron chi connectivity index (χ1n) is 6.68. The molecule has 1 aromatic heterocycles. The summed E-state index contributed by atoms with van der Waals surface area (Å²) >= 11 is 3.38. The maximum absolute atomic E-state index is 12.3. The molecule has 2 rings (SSSR count). The van der Waals surface area contributed by atoms with E-state index in [0.717, 1.165) is 10.0 Å². The molecule has 1 atom stereocenters. The van der Waals surface area contributed by atoms with E-state index in [9.17, 15) is 4.79 Å². The Morgan fingerprint density at radius 1 is 1.40 bits per heavy atom. The Morgan fingerprint density at radius 2 is 2.10 bits per heavy atom. The summed E-state index contributed by atoms with van der Waals surface area (Å²) in [6, 6.07) is 9.73. The van der Waals surface area contributed by atoms with Crippen LogP contribution in [0.15, 0.2) is 41.0 Å². The van der Waals surface area contributed by atoms with E-state index in [-0.39, 0.29) is 11.8 Å². The Morgan fingerprint density at radius 3 is 2.75 bits per heavy atom. The molecule has 1 heterocycles. The highest BCUT2D eigenvalue weighted by Crippen LogP contribution is 2.21. The third kappa shape index (κ3) is 3.35. The Bertz CT molecular complexity index is 580. The van der Waals surface area contributed by atoms with Gasteiger partial charge in [-0.2, -0.15) is 5.10 Å². The van der Waals surface area contributed by atoms with Gasteiger partial charge >= 0.3 is 0 Å². The number of aromatic nitrogens is 2. The van der Waals surface area contributed by atoms with Crippen molar-refractivity contribution in [2.24, 2.45) is 5.73 Å². The van der Waals surface area contributed by atoms with Crippen LogP contribution in [0, 0.1) is 0 Å². The van der Waals surface area contributed by atoms with Crippen LogP contribution in [-0.4, -0.2) is 15.6 Å². The highest BCUT2D eigenvalue weighted by molar-refractivity contribution is 9.10. The summed E-state index contributed by atoms with van der Waals surface area (Å²) < 4.78 is 2.46. The first-order valence-corrected chi connectivity index (χ1v) is 7.47. The zero-order chi connectivity index (χ0) is 14.5. The number of aryl methyl sites for hydroxylation is 1. The molecule has 0 radical (unpaired) electrons. The topological polar surface area (TPSA) is 60.9 Å². The fraction of sp³-hybridized carbons (Fsp3) is 0.333. The number of carbonyl (C=O) groups is 1. The molecular formula is C15H18BrN3O. The molecule has 106 valence electrons. The minimum atomic E-state index is -0.114. The van der Waals surface area contributed by atoms with E-state index < -0.39 is 0 Å². The van der Waals surface area contributed by atoms with Gasteiger partial charge in [-0.1, -0.05) is 30.3 Å². The minimum absolute atomic E-state index is 0.0719. The largest absolute Gasteiger partial charge is 0.324 e. The van der Waals surface area contributed by atoms with Gasteiger partial charge in [-0.15, -0.1) is 0 Å². The number of hydrogen-bond donors (Lipinski definition) is 1. The van der Waals surface area contributed by atoms with E-state index in [1.165, 1.54) is 0 Å². The summed E-state index contributed by atoms with van der Waals surface area (Å²) in [5, 5.41) is 4.16. The fourth-order valence-electron chi connectivity index (χ4n) is 2.15. The molecule has 2 N–H and O–H groups in total. The molecule has 0 saturated carbocycles. The van der Waals surface area contributed by atoms with E-state index in [0.29, 0.717) is 25.1 Å². The lowest BCUT2D eigenvalue weighted by Gasteiger charge is -2.11. The van der Waals surface area contributed by atoms with E-state index >= 15 is 0 Å². The van der Waals surface area contributed by atoms with Gasteiger partial charge in [0.1, 0.15) is 5.69 Å². The number of nitrogens with zero attached hydrogens (tertiary/aromatic N) is 2. The normalized spacial score (nSPS) is 12.3. The quantitative estimate of drug-likeness (QED) is 0.823. The number of ketones is 1. The van der Waals surface area contributed by atoms with Gasteiger partial charge in [0.25, 0.3) is 0 Å². The number of benzene rings is 1. The van der Waals surface area contributed by atoms with Gasteiger partial charge < -0.3 is 5.73 Å². The summed E-state index contributed by atoms with van der Waals surface area (Å²) in [6.07, 6.45) is 2.71. The number of halogens is 1. The molecule has 0 bridgehead atoms. The van der Waals surface area contributed by atoms with Crippen LogP contribution in [-0.2, 0) is 6.54 Å². The van der Waals surface area contributed by atoms with E-state index in [1.807, 2.05) is 37.3 Å². The summed E-state index contributed by atoms with van der Waals surface area (Å²) in [5.74, 6) is 0.0719. The van der Waals surface area contributed by atoms with Gasteiger partial charge in [0.05, 0.1) is 10.7 Å². The minimum Gasteiger partial charge on any atom is -0.324 e. The molecule has 0 amide bonds. The second-order valence-electron chi connectivity index (χ2n) is 4.64. The first kappa shape index (κ1) is 14.9. The van der Waals surface area contributed by atoms with Crippen molar-refractivity contribution in [3.63, 3.8) is 0 Å². The smallest absolute Gasteiger partial charge is 0.182 e. The van der Waals surface area contributed by atoms with Gasteiger partial charge in [-0.25, -0.2) is 0 Å². The fourth-order valence-corrected chi connectivity index (χ4v) is 2.67. The molecule has 0 saturated heterocycles. The zero-order valence-electron chi connectivity index (χ0n) is 11.4. The van der Waals surface area contributed by atoms with Crippen molar-refractivity contribution < 1.29 is 4.79 Å². The zero-order valence-corrected chi connectivity index (χ0v) is 13.0. The predicted molar refractivity (Wildman–Crippen MR) is 82.5 cm³/mol. The number of Topliss-reactive ketones (excluding diaryl/α,β-unsaturated/α-hetero) is 1. The molecule has 2 aromatic rings. The van der Waals surface area contributed by atoms with Gasteiger partial charge in [-0.05, 0) is 34.8 Å². The van der Waals surface area contributed by atoms with E-state index in [4.69, 9.17) is 5.73 Å². The molecule has 1 aromatic carbocycles. The Balaban J connectivity index is 2.00. The highest BCUT2D eigenvalue weighted by atomic mass is 79.9. The molecule has 5 heteroatoms. The molecule has 0 fully saturated rings. The van der Waals surface area contributed by atoms with Crippen LogP contribution in [0.5, 0.6) is 0 Å². The second-order valence-corrected chi connectivity index (χ2v) is 5.49. The third-order valence-electron chi connectivity index (χ3n) is 3.27. The van der Waals surface area contributed by atoms with Crippen LogP contribution in [0.1, 0.15) is 41.9 Å². The van der Waals surface area contributed by atoms with E-state index in [1.54, 1.807) is 10.9 Å². The number of rotatable bonds is 6. The van der Waals surface area contributed by atoms with E-state index in [2.05, 4.69) is 21.0 Å². The van der Waals surface area contributed by atoms with Gasteiger partial charge in [0, 0.05) is 19.0 Å². The monoisotopic (exact) mass is 335 g/mol. The predicted octanol–water partition coefficient (Wildman–Crippen LogP) is 3.33. The van der Waals surface area contributed by atoms with Gasteiger partial charge in [0.15, 0.2) is 5.78 Å². The maximum Gasteiger partial charge on any atom is 0.182 e. The van der Waals surface area contributed by atoms with Crippen molar-refractivity contribution in [2.45, 2.75) is 32.4 Å². The molecule has 0 aliphatic heterocycles. The van der Waals surface area contributed by atoms with Crippen LogP contribution in [0.4, 0.5) is 0 Å². The number of hydrogen-bond acceptors (Lipinski definition) is 3. The summed E-state index contributed by atoms with van der Waals surface area (Å²) in [7, 11) is 0. The highest BCUT2D eigenvalue weighted by Gasteiger charge is 2.17. The molecule has 4 nitrogen and oxygen atoms in total. The second kappa shape index (κ2) is 6.81. The molecule has 1 unspecified atom stereocenters. The van der Waals surface area contributed by atoms with Crippen LogP contribution in [0.3, 0.4) is 0 Å². The maximum atomic E-state index is 12.3. The third-order valence-corrected chi connectivity index (χ3v) is 3.85. The lowest BCUT2D eigenvalue weighted by atomic mass is 10.0. The molecule has 0 aliphatic carbocycles. The van der Waals surface area contributed by atoms with Crippen LogP contribution < -0.4 is 5.73 Å². The Hall–Kier alpha value is -1.46. The lowest BCUT2D eigenvalue weighted by Crippen LogP contribution is -2.15. The molecule has 0 aliphatic rings. The standard InChI is InChI=1S/C15H18BrN3O/c1-2-19-15(12(16)10-18-19)14(20)9-8-13(17)11-6-4-3-5-7-11/h3-7,10,13H,2,8-9,17H2,1H3. The Labute approximate surface area is 127 Å². The summed E-state index contributed by atoms with van der Waals surface area (Å²) in [6.45, 7) is 2.64. The first-order chi connectivity index (χ1) is 9.63.